The molecule has 140 valence electrons. The number of nitro benzene ring substituents is 1. The minimum absolute atomic E-state index is 0.0547. The fourth-order valence-electron chi connectivity index (χ4n) is 3.12. The Hall–Kier alpha value is -3.35. The molecule has 1 aliphatic rings. The summed E-state index contributed by atoms with van der Waals surface area (Å²) in [6.45, 7) is 2.10. The van der Waals surface area contributed by atoms with Gasteiger partial charge >= 0.3 is 0 Å². The van der Waals surface area contributed by atoms with Crippen LogP contribution in [-0.2, 0) is 17.8 Å². The fraction of sp³-hybridized carbons (Fsp3) is 0.250. The van der Waals surface area contributed by atoms with Gasteiger partial charge in [-0.05, 0) is 47.9 Å². The topological polar surface area (TPSA) is 81.9 Å². The molecule has 0 radical (unpaired) electrons. The van der Waals surface area contributed by atoms with E-state index < -0.39 is 4.92 Å². The Balaban J connectivity index is 1.77. The smallest absolute Gasteiger partial charge is 0.272 e. The maximum Gasteiger partial charge on any atom is 0.272 e. The predicted octanol–water partition coefficient (Wildman–Crippen LogP) is 3.48. The lowest BCUT2D eigenvalue weighted by Gasteiger charge is -2.25. The van der Waals surface area contributed by atoms with E-state index >= 15 is 0 Å². The zero-order valence-corrected chi connectivity index (χ0v) is 15.4. The Bertz CT molecular complexity index is 936. The van der Waals surface area contributed by atoms with E-state index in [4.69, 9.17) is 9.47 Å². The fourth-order valence-corrected chi connectivity index (χ4v) is 3.12. The summed E-state index contributed by atoms with van der Waals surface area (Å²) in [5.41, 5.74) is 3.28. The van der Waals surface area contributed by atoms with Gasteiger partial charge < -0.3 is 14.4 Å². The Kier molecular flexibility index (Phi) is 5.12. The number of carbonyl (C=O) groups excluding carboxylic acids is 1. The molecule has 7 nitrogen and oxygen atoms in total. The van der Waals surface area contributed by atoms with E-state index in [2.05, 4.69) is 0 Å². The molecule has 1 amide bonds. The van der Waals surface area contributed by atoms with Crippen LogP contribution in [0.5, 0.6) is 11.5 Å². The van der Waals surface area contributed by atoms with E-state index in [0.717, 1.165) is 16.7 Å². The van der Waals surface area contributed by atoms with Crippen molar-refractivity contribution in [3.05, 3.63) is 68.9 Å². The van der Waals surface area contributed by atoms with Crippen LogP contribution in [0.1, 0.15) is 22.3 Å². The number of aryl methyl sites for hydroxylation is 1. The summed E-state index contributed by atoms with van der Waals surface area (Å²) in [5.74, 6) is 1.17. The molecule has 0 bridgehead atoms. The van der Waals surface area contributed by atoms with Gasteiger partial charge in [0.15, 0.2) is 11.5 Å². The zero-order chi connectivity index (χ0) is 19.6. The molecule has 0 atom stereocenters. The van der Waals surface area contributed by atoms with Crippen molar-refractivity contribution in [3.8, 4) is 11.5 Å². The Morgan fingerprint density at radius 2 is 1.89 bits per heavy atom. The van der Waals surface area contributed by atoms with Crippen molar-refractivity contribution in [2.75, 3.05) is 14.2 Å². The number of hydrogen-bond donors (Lipinski definition) is 0. The van der Waals surface area contributed by atoms with E-state index in [0.29, 0.717) is 23.6 Å². The van der Waals surface area contributed by atoms with Gasteiger partial charge in [-0.25, -0.2) is 0 Å². The summed E-state index contributed by atoms with van der Waals surface area (Å²) < 4.78 is 10.6. The van der Waals surface area contributed by atoms with Gasteiger partial charge in [0.05, 0.1) is 32.1 Å². The summed E-state index contributed by atoms with van der Waals surface area (Å²) >= 11 is 0. The maximum atomic E-state index is 12.7. The maximum absolute atomic E-state index is 12.7. The molecule has 0 aromatic heterocycles. The highest BCUT2D eigenvalue weighted by Crippen LogP contribution is 2.33. The van der Waals surface area contributed by atoms with Crippen LogP contribution in [0.3, 0.4) is 0 Å². The first-order chi connectivity index (χ1) is 12.9. The van der Waals surface area contributed by atoms with E-state index in [-0.39, 0.29) is 18.0 Å². The third kappa shape index (κ3) is 3.76. The number of rotatable bonds is 5. The average molecular weight is 368 g/mol. The average Bonchev–Trinajstić information content (AvgIpc) is 2.66. The molecular formula is C20H20N2O5. The highest BCUT2D eigenvalue weighted by molar-refractivity contribution is 5.82. The Morgan fingerprint density at radius 3 is 2.52 bits per heavy atom. The lowest BCUT2D eigenvalue weighted by molar-refractivity contribution is -0.385. The number of fused-ring (bicyclic) bond motifs is 1. The molecule has 0 spiro atoms. The van der Waals surface area contributed by atoms with Crippen molar-refractivity contribution < 1.29 is 19.2 Å². The van der Waals surface area contributed by atoms with Crippen molar-refractivity contribution in [2.24, 2.45) is 0 Å². The quantitative estimate of drug-likeness (QED) is 0.596. The van der Waals surface area contributed by atoms with Gasteiger partial charge in [-0.3, -0.25) is 14.9 Å². The molecule has 0 aliphatic carbocycles. The van der Waals surface area contributed by atoms with E-state index in [1.807, 2.05) is 18.2 Å². The number of benzene rings is 2. The van der Waals surface area contributed by atoms with Crippen molar-refractivity contribution in [2.45, 2.75) is 19.9 Å². The van der Waals surface area contributed by atoms with Crippen LogP contribution in [0.4, 0.5) is 5.69 Å². The highest BCUT2D eigenvalue weighted by Gasteiger charge is 2.20. The van der Waals surface area contributed by atoms with Crippen LogP contribution in [-0.4, -0.2) is 29.9 Å². The Morgan fingerprint density at radius 1 is 1.19 bits per heavy atom. The summed E-state index contributed by atoms with van der Waals surface area (Å²) in [6.07, 6.45) is 3.78. The number of nitrogens with zero attached hydrogens (tertiary/aromatic N) is 2. The molecular weight excluding hydrogens is 348 g/mol. The summed E-state index contributed by atoms with van der Waals surface area (Å²) in [6, 6.07) is 8.50. The van der Waals surface area contributed by atoms with Crippen LogP contribution in [0, 0.1) is 17.0 Å². The first-order valence-corrected chi connectivity index (χ1v) is 8.39. The lowest BCUT2D eigenvalue weighted by atomic mass is 10.0. The third-order valence-electron chi connectivity index (χ3n) is 4.55. The van der Waals surface area contributed by atoms with E-state index in [1.54, 1.807) is 44.4 Å². The monoisotopic (exact) mass is 368 g/mol. The highest BCUT2D eigenvalue weighted by atomic mass is 16.6. The molecule has 2 aromatic carbocycles. The molecule has 0 saturated heterocycles. The second-order valence-electron chi connectivity index (χ2n) is 6.30. The first kappa shape index (κ1) is 18.4. The SMILES string of the molecule is COc1cc2c(cc1OC)CN(C(=O)Cc1ccc([N+](=O)[O-])c(C)c1)C=C2. The third-order valence-corrected chi connectivity index (χ3v) is 4.55. The van der Waals surface area contributed by atoms with Crippen LogP contribution in [0.25, 0.3) is 6.08 Å². The normalized spacial score (nSPS) is 12.5. The number of nitro groups is 1. The molecule has 0 unspecified atom stereocenters. The van der Waals surface area contributed by atoms with Crippen molar-refractivity contribution in [1.29, 1.82) is 0 Å². The van der Waals surface area contributed by atoms with E-state index in [1.165, 1.54) is 6.07 Å². The van der Waals surface area contributed by atoms with Crippen LogP contribution >= 0.6 is 0 Å². The predicted molar refractivity (Wildman–Crippen MR) is 101 cm³/mol. The van der Waals surface area contributed by atoms with Gasteiger partial charge in [-0.1, -0.05) is 6.07 Å². The first-order valence-electron chi connectivity index (χ1n) is 8.39. The molecule has 3 rings (SSSR count). The van der Waals surface area contributed by atoms with E-state index in [9.17, 15) is 14.9 Å². The number of hydrogen-bond acceptors (Lipinski definition) is 5. The van der Waals surface area contributed by atoms with Crippen molar-refractivity contribution in [3.63, 3.8) is 0 Å². The molecule has 1 heterocycles. The molecule has 7 heteroatoms. The van der Waals surface area contributed by atoms with Gasteiger partial charge in [0.25, 0.3) is 5.69 Å². The van der Waals surface area contributed by atoms with Crippen LogP contribution in [0.2, 0.25) is 0 Å². The molecule has 0 saturated carbocycles. The Labute approximate surface area is 157 Å². The summed E-state index contributed by atoms with van der Waals surface area (Å²) in [5, 5.41) is 10.9. The van der Waals surface area contributed by atoms with Gasteiger partial charge in [0.2, 0.25) is 5.91 Å². The largest absolute Gasteiger partial charge is 0.493 e. The molecule has 2 aromatic rings. The van der Waals surface area contributed by atoms with Crippen LogP contribution < -0.4 is 9.47 Å². The van der Waals surface area contributed by atoms with Gasteiger partial charge in [0.1, 0.15) is 0 Å². The molecule has 0 fully saturated rings. The number of methoxy groups -OCH3 is 2. The zero-order valence-electron chi connectivity index (χ0n) is 15.4. The number of amides is 1. The molecule has 1 aliphatic heterocycles. The van der Waals surface area contributed by atoms with Crippen molar-refractivity contribution in [1.82, 2.24) is 4.90 Å². The molecule has 27 heavy (non-hydrogen) atoms. The van der Waals surface area contributed by atoms with Crippen molar-refractivity contribution >= 4 is 17.7 Å². The number of ether oxygens (including phenoxy) is 2. The summed E-state index contributed by atoms with van der Waals surface area (Å²) in [4.78, 5) is 24.8. The second kappa shape index (κ2) is 7.49. The second-order valence-corrected chi connectivity index (χ2v) is 6.30. The van der Waals surface area contributed by atoms with Crippen LogP contribution in [0.15, 0.2) is 36.5 Å². The lowest BCUT2D eigenvalue weighted by Crippen LogP contribution is -2.28. The van der Waals surface area contributed by atoms with Gasteiger partial charge in [-0.15, -0.1) is 0 Å². The minimum atomic E-state index is -0.424. The van der Waals surface area contributed by atoms with Gasteiger partial charge in [0, 0.05) is 17.8 Å². The minimum Gasteiger partial charge on any atom is -0.493 e. The standard InChI is InChI=1S/C20H20N2O5/c1-13-8-14(4-5-17(13)22(24)25)9-20(23)21-7-6-15-10-18(26-2)19(27-3)11-16(15)12-21/h4-8,10-11H,9,12H2,1-3H3. The summed E-state index contributed by atoms with van der Waals surface area (Å²) in [7, 11) is 3.15. The number of carbonyl (C=O) groups is 1. The van der Waals surface area contributed by atoms with Gasteiger partial charge in [-0.2, -0.15) is 0 Å². The molecule has 0 N–H and O–H groups in total.